The number of ether oxygens (including phenoxy) is 1. The molecule has 1 saturated heterocycles. The van der Waals surface area contributed by atoms with Crippen LogP contribution in [0.5, 0.6) is 0 Å². The van der Waals surface area contributed by atoms with Crippen molar-refractivity contribution < 1.29 is 9.53 Å². The van der Waals surface area contributed by atoms with Gasteiger partial charge in [0.25, 0.3) is 0 Å². The first-order valence-electron chi connectivity index (χ1n) is 6.05. The first-order chi connectivity index (χ1) is 7.45. The quantitative estimate of drug-likeness (QED) is 0.721. The molecule has 0 radical (unpaired) electrons. The third-order valence-corrected chi connectivity index (χ3v) is 3.01. The Morgan fingerprint density at radius 2 is 1.75 bits per heavy atom. The summed E-state index contributed by atoms with van der Waals surface area (Å²) in [7, 11) is 0. The van der Waals surface area contributed by atoms with Gasteiger partial charge in [-0.1, -0.05) is 0 Å². The molecule has 1 aliphatic rings. The molecule has 94 valence electrons. The molecule has 0 aromatic rings. The molecule has 0 aromatic heterocycles. The lowest BCUT2D eigenvalue weighted by molar-refractivity contribution is -0.138. The van der Waals surface area contributed by atoms with Crippen molar-refractivity contribution in [3.63, 3.8) is 0 Å². The number of rotatable bonds is 3. The molecule has 1 fully saturated rings. The molecule has 16 heavy (non-hydrogen) atoms. The van der Waals surface area contributed by atoms with Gasteiger partial charge < -0.3 is 9.64 Å². The maximum Gasteiger partial charge on any atom is 0.248 e. The maximum absolute atomic E-state index is 11.7. The Labute approximate surface area is 98.5 Å². The first kappa shape index (κ1) is 13.5. The largest absolute Gasteiger partial charge is 0.372 e. The van der Waals surface area contributed by atoms with Gasteiger partial charge >= 0.3 is 0 Å². The van der Waals surface area contributed by atoms with Gasteiger partial charge in [-0.05, 0) is 27.7 Å². The van der Waals surface area contributed by atoms with E-state index in [9.17, 15) is 4.79 Å². The zero-order chi connectivity index (χ0) is 12.2. The zero-order valence-corrected chi connectivity index (χ0v) is 11.0. The van der Waals surface area contributed by atoms with Crippen LogP contribution in [0.15, 0.2) is 0 Å². The molecule has 4 heteroatoms. The first-order valence-corrected chi connectivity index (χ1v) is 6.05. The fourth-order valence-electron chi connectivity index (χ4n) is 1.91. The van der Waals surface area contributed by atoms with Crippen molar-refractivity contribution in [1.82, 2.24) is 9.80 Å². The van der Waals surface area contributed by atoms with E-state index in [1.165, 1.54) is 0 Å². The van der Waals surface area contributed by atoms with Gasteiger partial charge in [0.05, 0.1) is 0 Å². The molecular weight excluding hydrogens is 204 g/mol. The summed E-state index contributed by atoms with van der Waals surface area (Å²) in [4.78, 5) is 16.0. The van der Waals surface area contributed by atoms with Crippen molar-refractivity contribution in [2.24, 2.45) is 0 Å². The summed E-state index contributed by atoms with van der Waals surface area (Å²) >= 11 is 0. The lowest BCUT2D eigenvalue weighted by atomic mass is 10.1. The van der Waals surface area contributed by atoms with Crippen molar-refractivity contribution in [3.05, 3.63) is 0 Å². The summed E-state index contributed by atoms with van der Waals surface area (Å²) in [5.74, 6) is 0.121. The average molecular weight is 228 g/mol. The number of amides is 1. The molecule has 0 saturated carbocycles. The highest BCUT2D eigenvalue weighted by atomic mass is 16.5. The van der Waals surface area contributed by atoms with Gasteiger partial charge in [-0.3, -0.25) is 9.69 Å². The monoisotopic (exact) mass is 228 g/mol. The van der Waals surface area contributed by atoms with Gasteiger partial charge in [0.15, 0.2) is 0 Å². The Morgan fingerprint density at radius 3 is 2.19 bits per heavy atom. The highest BCUT2D eigenvalue weighted by Crippen LogP contribution is 2.15. The van der Waals surface area contributed by atoms with E-state index >= 15 is 0 Å². The van der Waals surface area contributed by atoms with Crippen molar-refractivity contribution in [2.45, 2.75) is 33.2 Å². The van der Waals surface area contributed by atoms with Crippen molar-refractivity contribution >= 4 is 5.91 Å². The smallest absolute Gasteiger partial charge is 0.248 e. The van der Waals surface area contributed by atoms with E-state index in [2.05, 4.69) is 25.7 Å². The molecule has 0 spiro atoms. The summed E-state index contributed by atoms with van der Waals surface area (Å²) in [6.45, 7) is 12.9. The predicted octanol–water partition coefficient (Wildman–Crippen LogP) is 0.966. The van der Waals surface area contributed by atoms with E-state index < -0.39 is 0 Å². The Hall–Kier alpha value is -0.610. The zero-order valence-electron chi connectivity index (χ0n) is 11.0. The SMILES string of the molecule is CCOCC(=O)N1CCN(C(C)(C)C)CC1. The van der Waals surface area contributed by atoms with E-state index in [0.717, 1.165) is 26.2 Å². The van der Waals surface area contributed by atoms with Crippen LogP contribution in [0.25, 0.3) is 0 Å². The number of carbonyl (C=O) groups is 1. The number of hydrogen-bond donors (Lipinski definition) is 0. The predicted molar refractivity (Wildman–Crippen MR) is 64.4 cm³/mol. The number of hydrogen-bond acceptors (Lipinski definition) is 3. The summed E-state index contributed by atoms with van der Waals surface area (Å²) < 4.78 is 5.14. The summed E-state index contributed by atoms with van der Waals surface area (Å²) in [6, 6.07) is 0. The van der Waals surface area contributed by atoms with Gasteiger partial charge in [-0.15, -0.1) is 0 Å². The van der Waals surface area contributed by atoms with Crippen LogP contribution in [-0.4, -0.2) is 60.6 Å². The van der Waals surface area contributed by atoms with Crippen LogP contribution in [0.2, 0.25) is 0 Å². The number of nitrogens with zero attached hydrogens (tertiary/aromatic N) is 2. The Balaban J connectivity index is 2.34. The van der Waals surface area contributed by atoms with Crippen LogP contribution in [-0.2, 0) is 9.53 Å². The molecular formula is C12H24N2O2. The summed E-state index contributed by atoms with van der Waals surface area (Å²) in [5.41, 5.74) is 0.203. The van der Waals surface area contributed by atoms with Crippen LogP contribution >= 0.6 is 0 Å². The standard InChI is InChI=1S/C12H24N2O2/c1-5-16-10-11(15)13-6-8-14(9-7-13)12(2,3)4/h5-10H2,1-4H3. The minimum atomic E-state index is 0.121. The molecule has 1 heterocycles. The Kier molecular flexibility index (Phi) is 4.74. The minimum Gasteiger partial charge on any atom is -0.372 e. The van der Waals surface area contributed by atoms with E-state index in [-0.39, 0.29) is 18.1 Å². The van der Waals surface area contributed by atoms with Crippen molar-refractivity contribution in [2.75, 3.05) is 39.4 Å². The second kappa shape index (κ2) is 5.64. The van der Waals surface area contributed by atoms with E-state index in [4.69, 9.17) is 4.74 Å². The van der Waals surface area contributed by atoms with Gasteiger partial charge in [0, 0.05) is 38.3 Å². The fourth-order valence-corrected chi connectivity index (χ4v) is 1.91. The molecule has 0 bridgehead atoms. The molecule has 0 N–H and O–H groups in total. The average Bonchev–Trinajstić information content (AvgIpc) is 2.25. The Morgan fingerprint density at radius 1 is 1.19 bits per heavy atom. The number of carbonyl (C=O) groups excluding carboxylic acids is 1. The Bertz CT molecular complexity index is 228. The highest BCUT2D eigenvalue weighted by Gasteiger charge is 2.27. The van der Waals surface area contributed by atoms with Crippen LogP contribution in [0.4, 0.5) is 0 Å². The normalized spacial score (nSPS) is 18.9. The van der Waals surface area contributed by atoms with Crippen molar-refractivity contribution in [3.8, 4) is 0 Å². The number of piperazine rings is 1. The third kappa shape index (κ3) is 3.76. The van der Waals surface area contributed by atoms with Gasteiger partial charge in [0.1, 0.15) is 6.61 Å². The van der Waals surface area contributed by atoms with Crippen LogP contribution in [0, 0.1) is 0 Å². The summed E-state index contributed by atoms with van der Waals surface area (Å²) in [6.07, 6.45) is 0. The van der Waals surface area contributed by atoms with E-state index in [1.54, 1.807) is 0 Å². The molecule has 4 nitrogen and oxygen atoms in total. The van der Waals surface area contributed by atoms with Gasteiger partial charge in [-0.2, -0.15) is 0 Å². The van der Waals surface area contributed by atoms with Crippen LogP contribution in [0.3, 0.4) is 0 Å². The molecule has 1 rings (SSSR count). The molecule has 0 atom stereocenters. The highest BCUT2D eigenvalue weighted by molar-refractivity contribution is 5.77. The molecule has 1 amide bonds. The van der Waals surface area contributed by atoms with E-state index in [0.29, 0.717) is 6.61 Å². The van der Waals surface area contributed by atoms with Crippen LogP contribution in [0.1, 0.15) is 27.7 Å². The molecule has 0 aliphatic carbocycles. The second-order valence-corrected chi connectivity index (χ2v) is 5.18. The van der Waals surface area contributed by atoms with E-state index in [1.807, 2.05) is 11.8 Å². The van der Waals surface area contributed by atoms with Crippen LogP contribution < -0.4 is 0 Å². The maximum atomic E-state index is 11.7. The second-order valence-electron chi connectivity index (χ2n) is 5.18. The van der Waals surface area contributed by atoms with Crippen molar-refractivity contribution in [1.29, 1.82) is 0 Å². The van der Waals surface area contributed by atoms with Gasteiger partial charge in [0.2, 0.25) is 5.91 Å². The fraction of sp³-hybridized carbons (Fsp3) is 0.917. The van der Waals surface area contributed by atoms with Gasteiger partial charge in [-0.25, -0.2) is 0 Å². The third-order valence-electron chi connectivity index (χ3n) is 3.01. The minimum absolute atomic E-state index is 0.121. The molecule has 0 aromatic carbocycles. The molecule has 0 unspecified atom stereocenters. The lowest BCUT2D eigenvalue weighted by Gasteiger charge is -2.42. The summed E-state index contributed by atoms with van der Waals surface area (Å²) in [5, 5.41) is 0. The lowest BCUT2D eigenvalue weighted by Crippen LogP contribution is -2.55. The topological polar surface area (TPSA) is 32.8 Å². The molecule has 1 aliphatic heterocycles.